The van der Waals surface area contributed by atoms with Crippen molar-refractivity contribution in [2.75, 3.05) is 0 Å². The van der Waals surface area contributed by atoms with Gasteiger partial charge >= 0.3 is 0 Å². The van der Waals surface area contributed by atoms with Crippen LogP contribution in [0.5, 0.6) is 0 Å². The SMILES string of the molecule is CCCCCCCCCCCCCCCCCC(=O)[O-].c1ccc(-c2ccccc2)cc1. The van der Waals surface area contributed by atoms with Crippen LogP contribution >= 0.6 is 0 Å². The molecule has 0 bridgehead atoms. The van der Waals surface area contributed by atoms with E-state index in [0.29, 0.717) is 0 Å². The summed E-state index contributed by atoms with van der Waals surface area (Å²) in [5.41, 5.74) is 2.55. The summed E-state index contributed by atoms with van der Waals surface area (Å²) in [6.07, 6.45) is 19.9. The van der Waals surface area contributed by atoms with Gasteiger partial charge in [0.05, 0.1) is 0 Å². The quantitative estimate of drug-likeness (QED) is 0.233. The molecule has 0 aliphatic carbocycles. The Morgan fingerprint density at radius 3 is 1.16 bits per heavy atom. The summed E-state index contributed by atoms with van der Waals surface area (Å²) < 4.78 is 0. The van der Waals surface area contributed by atoms with Crippen molar-refractivity contribution in [2.45, 2.75) is 110 Å². The van der Waals surface area contributed by atoms with Gasteiger partial charge < -0.3 is 9.90 Å². The zero-order valence-corrected chi connectivity index (χ0v) is 20.4. The highest BCUT2D eigenvalue weighted by Crippen LogP contribution is 2.17. The van der Waals surface area contributed by atoms with Crippen LogP contribution in [0.2, 0.25) is 0 Å². The van der Waals surface area contributed by atoms with Gasteiger partial charge in [-0.05, 0) is 24.0 Å². The lowest BCUT2D eigenvalue weighted by Crippen LogP contribution is -2.21. The maximum Gasteiger partial charge on any atom is 0.0414 e. The highest BCUT2D eigenvalue weighted by molar-refractivity contribution is 5.64. The van der Waals surface area contributed by atoms with Crippen molar-refractivity contribution in [2.24, 2.45) is 0 Å². The van der Waals surface area contributed by atoms with E-state index in [-0.39, 0.29) is 6.42 Å². The minimum atomic E-state index is -0.903. The molecule has 0 aromatic heterocycles. The predicted molar refractivity (Wildman–Crippen MR) is 136 cm³/mol. The molecule has 0 saturated carbocycles. The third-order valence-electron chi connectivity index (χ3n) is 5.87. The molecule has 2 nitrogen and oxygen atoms in total. The molecule has 0 heterocycles. The largest absolute Gasteiger partial charge is 0.550 e. The third-order valence-corrected chi connectivity index (χ3v) is 5.87. The van der Waals surface area contributed by atoms with Gasteiger partial charge in [-0.2, -0.15) is 0 Å². The van der Waals surface area contributed by atoms with Gasteiger partial charge in [0.15, 0.2) is 0 Å². The lowest BCUT2D eigenvalue weighted by molar-refractivity contribution is -0.305. The Hall–Kier alpha value is -2.09. The average molecular weight is 438 g/mol. The molecule has 32 heavy (non-hydrogen) atoms. The topological polar surface area (TPSA) is 40.1 Å². The van der Waals surface area contributed by atoms with Crippen LogP contribution in [0.3, 0.4) is 0 Å². The van der Waals surface area contributed by atoms with Gasteiger partial charge in [0.2, 0.25) is 0 Å². The Morgan fingerprint density at radius 2 is 0.844 bits per heavy atom. The first kappa shape index (κ1) is 27.9. The van der Waals surface area contributed by atoms with Crippen LogP contribution in [0, 0.1) is 0 Å². The second-order valence-electron chi connectivity index (χ2n) is 8.80. The first-order valence-corrected chi connectivity index (χ1v) is 13.0. The van der Waals surface area contributed by atoms with Gasteiger partial charge in [0, 0.05) is 5.97 Å². The second-order valence-corrected chi connectivity index (χ2v) is 8.80. The number of carboxylic acids is 1. The number of carbonyl (C=O) groups excluding carboxylic acids is 1. The summed E-state index contributed by atoms with van der Waals surface area (Å²) in [6, 6.07) is 20.8. The van der Waals surface area contributed by atoms with Crippen LogP contribution < -0.4 is 5.11 Å². The summed E-state index contributed by atoms with van der Waals surface area (Å²) in [5.74, 6) is -0.903. The van der Waals surface area contributed by atoms with E-state index in [4.69, 9.17) is 0 Å². The number of carbonyl (C=O) groups is 1. The van der Waals surface area contributed by atoms with Crippen molar-refractivity contribution >= 4 is 5.97 Å². The van der Waals surface area contributed by atoms with Gasteiger partial charge in [0.1, 0.15) is 0 Å². The lowest BCUT2D eigenvalue weighted by Gasteiger charge is -2.04. The van der Waals surface area contributed by atoms with Crippen LogP contribution in [0.1, 0.15) is 110 Å². The first-order valence-electron chi connectivity index (χ1n) is 13.0. The van der Waals surface area contributed by atoms with E-state index in [1.54, 1.807) is 0 Å². The monoisotopic (exact) mass is 437 g/mol. The molecule has 0 fully saturated rings. The maximum absolute atomic E-state index is 10.2. The van der Waals surface area contributed by atoms with Crippen LogP contribution in [0.25, 0.3) is 11.1 Å². The van der Waals surface area contributed by atoms with Gasteiger partial charge in [-0.15, -0.1) is 0 Å². The van der Waals surface area contributed by atoms with Crippen molar-refractivity contribution in [1.29, 1.82) is 0 Å². The zero-order valence-electron chi connectivity index (χ0n) is 20.4. The molecule has 0 atom stereocenters. The molecular weight excluding hydrogens is 392 g/mol. The minimum Gasteiger partial charge on any atom is -0.550 e. The molecule has 2 aromatic rings. The van der Waals surface area contributed by atoms with E-state index in [1.165, 1.54) is 94.6 Å². The number of rotatable bonds is 17. The van der Waals surface area contributed by atoms with Crippen molar-refractivity contribution in [1.82, 2.24) is 0 Å². The van der Waals surface area contributed by atoms with Crippen LogP contribution in [-0.4, -0.2) is 5.97 Å². The molecule has 0 aliphatic heterocycles. The van der Waals surface area contributed by atoms with Crippen molar-refractivity contribution < 1.29 is 9.90 Å². The van der Waals surface area contributed by atoms with E-state index in [9.17, 15) is 9.90 Å². The van der Waals surface area contributed by atoms with Gasteiger partial charge in [0.25, 0.3) is 0 Å². The fourth-order valence-electron chi connectivity index (χ4n) is 3.90. The Labute approximate surface area is 197 Å². The van der Waals surface area contributed by atoms with Crippen molar-refractivity contribution in [3.05, 3.63) is 60.7 Å². The minimum absolute atomic E-state index is 0.234. The molecule has 2 heteroatoms. The molecule has 0 amide bonds. The molecule has 0 aliphatic rings. The maximum atomic E-state index is 10.2. The molecule has 0 N–H and O–H groups in total. The number of benzene rings is 2. The molecule has 0 saturated heterocycles. The van der Waals surface area contributed by atoms with E-state index < -0.39 is 5.97 Å². The van der Waals surface area contributed by atoms with Crippen LogP contribution in [0.15, 0.2) is 60.7 Å². The number of carboxylic acid groups (broad SMARTS) is 1. The Morgan fingerprint density at radius 1 is 0.531 bits per heavy atom. The summed E-state index contributed by atoms with van der Waals surface area (Å²) >= 11 is 0. The number of aliphatic carboxylic acids is 1. The van der Waals surface area contributed by atoms with Gasteiger partial charge in [-0.1, -0.05) is 157 Å². The first-order chi connectivity index (χ1) is 15.7. The van der Waals surface area contributed by atoms with Crippen molar-refractivity contribution in [3.8, 4) is 11.1 Å². The van der Waals surface area contributed by atoms with Gasteiger partial charge in [-0.25, -0.2) is 0 Å². The molecule has 2 aromatic carbocycles. The lowest BCUT2D eigenvalue weighted by atomic mass is 10.0. The molecule has 178 valence electrons. The van der Waals surface area contributed by atoms with E-state index >= 15 is 0 Å². The molecule has 2 rings (SSSR count). The van der Waals surface area contributed by atoms with Crippen LogP contribution in [-0.2, 0) is 4.79 Å². The molecule has 0 radical (unpaired) electrons. The van der Waals surface area contributed by atoms with E-state index in [2.05, 4.69) is 55.5 Å². The summed E-state index contributed by atoms with van der Waals surface area (Å²) in [4.78, 5) is 10.2. The van der Waals surface area contributed by atoms with Gasteiger partial charge in [-0.3, -0.25) is 0 Å². The molecule has 0 unspecified atom stereocenters. The summed E-state index contributed by atoms with van der Waals surface area (Å²) in [5, 5.41) is 10.2. The Kier molecular flexibility index (Phi) is 18.2. The Balaban J connectivity index is 0.000000357. The number of hydrogen-bond acceptors (Lipinski definition) is 2. The molecule has 0 spiro atoms. The average Bonchev–Trinajstić information content (AvgIpc) is 2.83. The van der Waals surface area contributed by atoms with Crippen LogP contribution in [0.4, 0.5) is 0 Å². The Bertz CT molecular complexity index is 614. The highest BCUT2D eigenvalue weighted by atomic mass is 16.4. The fraction of sp³-hybridized carbons (Fsp3) is 0.567. The number of unbranched alkanes of at least 4 members (excludes halogenated alkanes) is 14. The normalized spacial score (nSPS) is 10.4. The standard InChI is InChI=1S/C18H36O2.C12H10/c1-2-3-4-5-6-7-8-9-10-11-12-13-14-15-16-17-18(19)20;1-3-7-11(8-4-1)12-9-5-2-6-10-12/h2-17H2,1H3,(H,19,20);1-10H/p-1. The molecular formula is C30H45O2-. The van der Waals surface area contributed by atoms with E-state index in [0.717, 1.165) is 12.8 Å². The third kappa shape index (κ3) is 16.6. The van der Waals surface area contributed by atoms with Crippen molar-refractivity contribution in [3.63, 3.8) is 0 Å². The fourth-order valence-corrected chi connectivity index (χ4v) is 3.90. The second kappa shape index (κ2) is 20.8. The highest BCUT2D eigenvalue weighted by Gasteiger charge is 1.95. The summed E-state index contributed by atoms with van der Waals surface area (Å²) in [7, 11) is 0. The zero-order chi connectivity index (χ0) is 23.1. The predicted octanol–water partition coefficient (Wildman–Crippen LogP) is 8.35. The van der Waals surface area contributed by atoms with E-state index in [1.807, 2.05) is 12.1 Å². The number of hydrogen-bond donors (Lipinski definition) is 0. The smallest absolute Gasteiger partial charge is 0.0414 e. The summed E-state index contributed by atoms with van der Waals surface area (Å²) in [6.45, 7) is 2.27.